The molecule has 0 saturated heterocycles. The fourth-order valence-electron chi connectivity index (χ4n) is 3.40. The molecular weight excluding hydrogens is 350 g/mol. The topological polar surface area (TPSA) is 115 Å². The number of nitrogens with zero attached hydrogens (tertiary/aromatic N) is 2. The van der Waals surface area contributed by atoms with E-state index in [1.54, 1.807) is 0 Å². The number of carbonyl (C=O) groups is 2. The van der Waals surface area contributed by atoms with Gasteiger partial charge in [-0.2, -0.15) is 4.98 Å². The third-order valence-corrected chi connectivity index (χ3v) is 5.42. The predicted octanol–water partition coefficient (Wildman–Crippen LogP) is 2.46. The van der Waals surface area contributed by atoms with E-state index >= 15 is 0 Å². The third-order valence-electron chi connectivity index (χ3n) is 5.42. The van der Waals surface area contributed by atoms with Crippen molar-refractivity contribution in [2.75, 3.05) is 6.61 Å². The Bertz CT molecular complexity index is 692. The highest BCUT2D eigenvalue weighted by Gasteiger charge is 2.66. The lowest BCUT2D eigenvalue weighted by atomic mass is 9.54. The van der Waals surface area contributed by atoms with E-state index < -0.39 is 16.9 Å². The monoisotopic (exact) mass is 381 g/mol. The van der Waals surface area contributed by atoms with Crippen LogP contribution < -0.4 is 5.32 Å². The second-order valence-corrected chi connectivity index (χ2v) is 8.74. The molecule has 2 atom stereocenters. The molecule has 152 valence electrons. The number of aromatic nitrogens is 2. The summed E-state index contributed by atoms with van der Waals surface area (Å²) in [5.41, 5.74) is -2.17. The Kier molecular flexibility index (Phi) is 5.99. The molecule has 27 heavy (non-hydrogen) atoms. The molecule has 2 unspecified atom stereocenters. The molecule has 0 bridgehead atoms. The highest BCUT2D eigenvalue weighted by Crippen LogP contribution is 2.51. The molecule has 1 fully saturated rings. The highest BCUT2D eigenvalue weighted by molar-refractivity contribution is 5.89. The zero-order chi connectivity index (χ0) is 20.5. The molecule has 1 aliphatic rings. The largest absolute Gasteiger partial charge is 0.479 e. The molecule has 1 aromatic heterocycles. The van der Waals surface area contributed by atoms with Gasteiger partial charge < -0.3 is 19.7 Å². The van der Waals surface area contributed by atoms with Gasteiger partial charge in [0.1, 0.15) is 5.54 Å². The third kappa shape index (κ3) is 4.15. The van der Waals surface area contributed by atoms with E-state index in [1.807, 2.05) is 41.5 Å². The van der Waals surface area contributed by atoms with Crippen LogP contribution in [0.4, 0.5) is 0 Å². The van der Waals surface area contributed by atoms with Gasteiger partial charge in [0, 0.05) is 36.7 Å². The van der Waals surface area contributed by atoms with Crippen LogP contribution in [0.2, 0.25) is 0 Å². The minimum atomic E-state index is -1.30. The van der Waals surface area contributed by atoms with Crippen molar-refractivity contribution in [1.29, 1.82) is 0 Å². The first-order chi connectivity index (χ1) is 12.4. The standard InChI is InChI=1S/C19H31N3O5/c1-7-26-12-11-19(16(24)25,18(12,5)6)21-13(23)9-8-10-14-20-15(22-27-14)17(2,3)4/h12H,7-11H2,1-6H3,(H,21,23)(H,24,25). The Balaban J connectivity index is 1.90. The Morgan fingerprint density at radius 2 is 2.04 bits per heavy atom. The second-order valence-electron chi connectivity index (χ2n) is 8.74. The van der Waals surface area contributed by atoms with Crippen LogP contribution in [0, 0.1) is 5.41 Å². The molecule has 1 aromatic rings. The number of rotatable bonds is 8. The lowest BCUT2D eigenvalue weighted by Gasteiger charge is -2.58. The van der Waals surface area contributed by atoms with Gasteiger partial charge in [-0.15, -0.1) is 0 Å². The van der Waals surface area contributed by atoms with Crippen molar-refractivity contribution in [1.82, 2.24) is 15.5 Å². The average Bonchev–Trinajstić information content (AvgIpc) is 3.02. The molecule has 1 amide bonds. The normalized spacial score (nSPS) is 24.3. The fourth-order valence-corrected chi connectivity index (χ4v) is 3.40. The number of ether oxygens (including phenoxy) is 1. The maximum atomic E-state index is 12.4. The van der Waals surface area contributed by atoms with E-state index in [9.17, 15) is 14.7 Å². The number of hydrogen-bond donors (Lipinski definition) is 2. The summed E-state index contributed by atoms with van der Waals surface area (Å²) in [5, 5.41) is 16.4. The quantitative estimate of drug-likeness (QED) is 0.711. The van der Waals surface area contributed by atoms with Gasteiger partial charge in [-0.05, 0) is 13.3 Å². The number of aryl methyl sites for hydroxylation is 1. The van der Waals surface area contributed by atoms with Crippen LogP contribution in [0.5, 0.6) is 0 Å². The van der Waals surface area contributed by atoms with Crippen molar-refractivity contribution in [2.24, 2.45) is 5.41 Å². The Hall–Kier alpha value is -1.96. The number of carboxylic acid groups (broad SMARTS) is 1. The van der Waals surface area contributed by atoms with Crippen molar-refractivity contribution in [2.45, 2.75) is 84.3 Å². The molecule has 1 saturated carbocycles. The van der Waals surface area contributed by atoms with Crippen molar-refractivity contribution in [3.63, 3.8) is 0 Å². The number of carbonyl (C=O) groups excluding carboxylic acids is 1. The van der Waals surface area contributed by atoms with Crippen LogP contribution >= 0.6 is 0 Å². The average molecular weight is 381 g/mol. The lowest BCUT2D eigenvalue weighted by molar-refractivity contribution is -0.194. The van der Waals surface area contributed by atoms with Crippen molar-refractivity contribution in [3.8, 4) is 0 Å². The second kappa shape index (κ2) is 7.58. The first-order valence-electron chi connectivity index (χ1n) is 9.43. The zero-order valence-electron chi connectivity index (χ0n) is 17.1. The van der Waals surface area contributed by atoms with Gasteiger partial charge in [-0.3, -0.25) is 4.79 Å². The van der Waals surface area contributed by atoms with Gasteiger partial charge in [0.2, 0.25) is 11.8 Å². The van der Waals surface area contributed by atoms with Gasteiger partial charge in [-0.1, -0.05) is 39.8 Å². The summed E-state index contributed by atoms with van der Waals surface area (Å²) in [6, 6.07) is 0. The summed E-state index contributed by atoms with van der Waals surface area (Å²) in [7, 11) is 0. The van der Waals surface area contributed by atoms with Crippen LogP contribution in [0.3, 0.4) is 0 Å². The SMILES string of the molecule is CCOC1CC(NC(=O)CCCc2nc(C(C)(C)C)no2)(C(=O)O)C1(C)C. The summed E-state index contributed by atoms with van der Waals surface area (Å²) in [4.78, 5) is 28.6. The van der Waals surface area contributed by atoms with E-state index in [0.29, 0.717) is 31.2 Å². The molecule has 0 spiro atoms. The summed E-state index contributed by atoms with van der Waals surface area (Å²) in [6.07, 6.45) is 1.25. The molecule has 0 aliphatic heterocycles. The van der Waals surface area contributed by atoms with Gasteiger partial charge in [-0.25, -0.2) is 4.79 Å². The van der Waals surface area contributed by atoms with Gasteiger partial charge in [0.25, 0.3) is 0 Å². The van der Waals surface area contributed by atoms with Crippen LogP contribution in [0.25, 0.3) is 0 Å². The first kappa shape index (κ1) is 21.3. The first-order valence-corrected chi connectivity index (χ1v) is 9.43. The number of carboxylic acids is 1. The van der Waals surface area contributed by atoms with E-state index in [2.05, 4.69) is 15.5 Å². The molecule has 2 rings (SSSR count). The van der Waals surface area contributed by atoms with E-state index in [1.165, 1.54) is 0 Å². The number of amides is 1. The van der Waals surface area contributed by atoms with Crippen molar-refractivity contribution in [3.05, 3.63) is 11.7 Å². The zero-order valence-corrected chi connectivity index (χ0v) is 17.1. The molecule has 8 heteroatoms. The van der Waals surface area contributed by atoms with Gasteiger partial charge >= 0.3 is 5.97 Å². The number of aliphatic carboxylic acids is 1. The minimum absolute atomic E-state index is 0.187. The molecule has 2 N–H and O–H groups in total. The van der Waals surface area contributed by atoms with Gasteiger partial charge in [0.05, 0.1) is 6.10 Å². The summed E-state index contributed by atoms with van der Waals surface area (Å²) >= 11 is 0. The van der Waals surface area contributed by atoms with E-state index in [0.717, 1.165) is 0 Å². The maximum Gasteiger partial charge on any atom is 0.330 e. The predicted molar refractivity (Wildman–Crippen MR) is 98.3 cm³/mol. The molecule has 8 nitrogen and oxygen atoms in total. The van der Waals surface area contributed by atoms with E-state index in [-0.39, 0.29) is 30.3 Å². The van der Waals surface area contributed by atoms with Crippen LogP contribution in [-0.2, 0) is 26.2 Å². The summed E-state index contributed by atoms with van der Waals surface area (Å²) in [5.74, 6) is -0.203. The van der Waals surface area contributed by atoms with Crippen LogP contribution in [0.15, 0.2) is 4.52 Å². The Labute approximate surface area is 160 Å². The van der Waals surface area contributed by atoms with Crippen LogP contribution in [0.1, 0.15) is 72.5 Å². The minimum Gasteiger partial charge on any atom is -0.479 e. The van der Waals surface area contributed by atoms with Crippen LogP contribution in [-0.4, -0.2) is 45.4 Å². The molecule has 1 aliphatic carbocycles. The highest BCUT2D eigenvalue weighted by atomic mass is 16.5. The Morgan fingerprint density at radius 1 is 1.37 bits per heavy atom. The number of hydrogen-bond acceptors (Lipinski definition) is 6. The summed E-state index contributed by atoms with van der Waals surface area (Å²) < 4.78 is 10.8. The lowest BCUT2D eigenvalue weighted by Crippen LogP contribution is -2.76. The molecule has 0 aromatic carbocycles. The molecule has 1 heterocycles. The molecular formula is C19H31N3O5. The smallest absolute Gasteiger partial charge is 0.330 e. The number of nitrogens with one attached hydrogen (secondary N) is 1. The van der Waals surface area contributed by atoms with Gasteiger partial charge in [0.15, 0.2) is 5.82 Å². The van der Waals surface area contributed by atoms with E-state index in [4.69, 9.17) is 9.26 Å². The fraction of sp³-hybridized carbons (Fsp3) is 0.789. The Morgan fingerprint density at radius 3 is 2.52 bits per heavy atom. The maximum absolute atomic E-state index is 12.4. The summed E-state index contributed by atoms with van der Waals surface area (Å²) in [6.45, 7) is 12.0. The molecule has 0 radical (unpaired) electrons. The van der Waals surface area contributed by atoms with Crippen molar-refractivity contribution < 1.29 is 24.0 Å². The van der Waals surface area contributed by atoms with Crippen molar-refractivity contribution >= 4 is 11.9 Å².